The van der Waals surface area contributed by atoms with Crippen molar-refractivity contribution in [2.45, 2.75) is 33.3 Å². The highest BCUT2D eigenvalue weighted by molar-refractivity contribution is 9.10. The average molecular weight is 489 g/mol. The minimum atomic E-state index is -0.693. The first-order chi connectivity index (χ1) is 13.0. The van der Waals surface area contributed by atoms with Crippen molar-refractivity contribution in [3.63, 3.8) is 0 Å². The lowest BCUT2D eigenvalue weighted by Gasteiger charge is -2.22. The zero-order valence-corrected chi connectivity index (χ0v) is 18.9. The van der Waals surface area contributed by atoms with Gasteiger partial charge in [-0.05, 0) is 45.9 Å². The Balaban J connectivity index is 2.50. The maximum Gasteiger partial charge on any atom is 0.342 e. The Hall–Kier alpha value is -1.83. The monoisotopic (exact) mass is 487 g/mol. The number of hydrogen-bond acceptors (Lipinski definition) is 6. The number of nitrogens with one attached hydrogen (secondary N) is 2. The van der Waals surface area contributed by atoms with Gasteiger partial charge in [0.15, 0.2) is 0 Å². The Kier molecular flexibility index (Phi) is 7.31. The van der Waals surface area contributed by atoms with Gasteiger partial charge < -0.3 is 15.4 Å². The summed E-state index contributed by atoms with van der Waals surface area (Å²) in [6, 6.07) is 5.25. The van der Waals surface area contributed by atoms with Crippen LogP contribution in [0, 0.1) is 0 Å². The van der Waals surface area contributed by atoms with E-state index in [0.717, 1.165) is 4.47 Å². The Bertz CT molecular complexity index is 914. The second-order valence-electron chi connectivity index (χ2n) is 7.02. The van der Waals surface area contributed by atoms with E-state index in [-0.39, 0.29) is 34.4 Å². The van der Waals surface area contributed by atoms with E-state index in [2.05, 4.69) is 31.5 Å². The van der Waals surface area contributed by atoms with Crippen LogP contribution in [0.2, 0.25) is 10.0 Å². The molecule has 2 aromatic rings. The molecule has 0 fully saturated rings. The number of ether oxygens (including phenoxy) is 1. The first kappa shape index (κ1) is 22.5. The highest BCUT2D eigenvalue weighted by atomic mass is 79.9. The molecule has 28 heavy (non-hydrogen) atoms. The van der Waals surface area contributed by atoms with E-state index >= 15 is 0 Å². The number of ketones is 1. The topological polar surface area (TPSA) is 80.3 Å². The summed E-state index contributed by atoms with van der Waals surface area (Å²) in [7, 11) is 0. The molecule has 0 aliphatic rings. The number of aromatic nitrogens is 1. The maximum atomic E-state index is 12.7. The highest BCUT2D eigenvalue weighted by Crippen LogP contribution is 2.37. The van der Waals surface area contributed by atoms with Gasteiger partial charge in [-0.1, -0.05) is 39.1 Å². The van der Waals surface area contributed by atoms with Gasteiger partial charge in [-0.15, -0.1) is 0 Å². The van der Waals surface area contributed by atoms with E-state index in [1.165, 1.54) is 13.1 Å². The SMILES string of the molecule is CC(=O)CNc1ncc(C(=O)OC(C)(C)C)c(Nc2ccc(Br)cc2Cl)c1Cl. The van der Waals surface area contributed by atoms with Crippen LogP contribution in [0.15, 0.2) is 28.9 Å². The summed E-state index contributed by atoms with van der Waals surface area (Å²) in [4.78, 5) is 28.1. The number of carbonyl (C=O) groups is 2. The fourth-order valence-electron chi connectivity index (χ4n) is 2.15. The van der Waals surface area contributed by atoms with Crippen molar-refractivity contribution in [3.8, 4) is 0 Å². The second kappa shape index (κ2) is 9.11. The second-order valence-corrected chi connectivity index (χ2v) is 8.72. The van der Waals surface area contributed by atoms with E-state index in [0.29, 0.717) is 10.7 Å². The molecular formula is C19H20BrCl2N3O3. The highest BCUT2D eigenvalue weighted by Gasteiger charge is 2.24. The minimum absolute atomic E-state index is 0.0526. The summed E-state index contributed by atoms with van der Waals surface area (Å²) in [6.07, 6.45) is 1.34. The van der Waals surface area contributed by atoms with Crippen LogP contribution in [0.4, 0.5) is 17.2 Å². The summed E-state index contributed by atoms with van der Waals surface area (Å²) in [6.45, 7) is 6.79. The quantitative estimate of drug-likeness (QED) is 0.496. The molecule has 0 aliphatic heterocycles. The minimum Gasteiger partial charge on any atom is -0.456 e. The van der Waals surface area contributed by atoms with Crippen LogP contribution in [0.1, 0.15) is 38.1 Å². The van der Waals surface area contributed by atoms with Crippen molar-refractivity contribution in [1.82, 2.24) is 4.98 Å². The molecule has 0 atom stereocenters. The lowest BCUT2D eigenvalue weighted by molar-refractivity contribution is -0.115. The van der Waals surface area contributed by atoms with Gasteiger partial charge in [-0.2, -0.15) is 0 Å². The molecule has 1 heterocycles. The summed E-state index contributed by atoms with van der Waals surface area (Å²) >= 11 is 16.1. The predicted molar refractivity (Wildman–Crippen MR) is 116 cm³/mol. The fourth-order valence-corrected chi connectivity index (χ4v) is 3.14. The van der Waals surface area contributed by atoms with E-state index < -0.39 is 11.6 Å². The van der Waals surface area contributed by atoms with Gasteiger partial charge >= 0.3 is 5.97 Å². The lowest BCUT2D eigenvalue weighted by atomic mass is 10.1. The summed E-state index contributed by atoms with van der Waals surface area (Å²) in [5.41, 5.74) is 0.274. The van der Waals surface area contributed by atoms with Crippen molar-refractivity contribution < 1.29 is 14.3 Å². The standard InChI is InChI=1S/C19H20BrCl2N3O3/c1-10(26)8-23-17-15(22)16(25-14-6-5-11(20)7-13(14)21)12(9-24-17)18(27)28-19(2,3)4/h5-7,9H,8H2,1-4H3,(H2,23,24,25). The molecule has 0 amide bonds. The molecular weight excluding hydrogens is 469 g/mol. The first-order valence-corrected chi connectivity index (χ1v) is 9.90. The molecule has 9 heteroatoms. The molecule has 0 saturated heterocycles. The zero-order valence-electron chi connectivity index (χ0n) is 15.8. The Morgan fingerprint density at radius 2 is 1.93 bits per heavy atom. The molecule has 0 radical (unpaired) electrons. The number of pyridine rings is 1. The van der Waals surface area contributed by atoms with Crippen LogP contribution in [-0.4, -0.2) is 28.9 Å². The normalized spacial score (nSPS) is 11.1. The van der Waals surface area contributed by atoms with Crippen molar-refractivity contribution in [3.05, 3.63) is 44.5 Å². The Labute approximate surface area is 182 Å². The number of carbonyl (C=O) groups excluding carboxylic acids is 2. The third-order valence-corrected chi connectivity index (χ3v) is 4.51. The number of Topliss-reactive ketones (excluding diaryl/α,β-unsaturated/α-hetero) is 1. The number of benzene rings is 1. The van der Waals surface area contributed by atoms with Gasteiger partial charge in [0.05, 0.1) is 22.9 Å². The first-order valence-electron chi connectivity index (χ1n) is 8.35. The van der Waals surface area contributed by atoms with Crippen LogP contribution < -0.4 is 10.6 Å². The largest absolute Gasteiger partial charge is 0.456 e. The molecule has 1 aromatic heterocycles. The number of anilines is 3. The predicted octanol–water partition coefficient (Wildman–Crippen LogP) is 5.85. The number of rotatable bonds is 6. The van der Waals surface area contributed by atoms with Crippen LogP contribution in [0.25, 0.3) is 0 Å². The van der Waals surface area contributed by atoms with Crippen LogP contribution in [-0.2, 0) is 9.53 Å². The summed E-state index contributed by atoms with van der Waals surface area (Å²) < 4.78 is 6.26. The van der Waals surface area contributed by atoms with Crippen LogP contribution in [0.3, 0.4) is 0 Å². The average Bonchev–Trinajstić information content (AvgIpc) is 2.55. The van der Waals surface area contributed by atoms with Crippen molar-refractivity contribution in [2.75, 3.05) is 17.2 Å². The third-order valence-electron chi connectivity index (χ3n) is 3.33. The molecule has 6 nitrogen and oxygen atoms in total. The molecule has 0 bridgehead atoms. The number of halogens is 3. The van der Waals surface area contributed by atoms with Gasteiger partial charge in [0.1, 0.15) is 27.8 Å². The Morgan fingerprint density at radius 3 is 2.50 bits per heavy atom. The van der Waals surface area contributed by atoms with E-state index in [9.17, 15) is 9.59 Å². The molecule has 2 rings (SSSR count). The van der Waals surface area contributed by atoms with Crippen molar-refractivity contribution in [1.29, 1.82) is 0 Å². The molecule has 0 spiro atoms. The van der Waals surface area contributed by atoms with Gasteiger partial charge in [-0.25, -0.2) is 9.78 Å². The Morgan fingerprint density at radius 1 is 1.25 bits per heavy atom. The lowest BCUT2D eigenvalue weighted by Crippen LogP contribution is -2.24. The smallest absolute Gasteiger partial charge is 0.342 e. The van der Waals surface area contributed by atoms with Gasteiger partial charge in [0.2, 0.25) is 0 Å². The molecule has 150 valence electrons. The van der Waals surface area contributed by atoms with E-state index in [1.807, 2.05) is 0 Å². The number of nitrogens with zero attached hydrogens (tertiary/aromatic N) is 1. The van der Waals surface area contributed by atoms with E-state index in [4.69, 9.17) is 27.9 Å². The van der Waals surface area contributed by atoms with Gasteiger partial charge in [-0.3, -0.25) is 4.79 Å². The molecule has 1 aromatic carbocycles. The summed E-state index contributed by atoms with van der Waals surface area (Å²) in [5.74, 6) is -0.407. The summed E-state index contributed by atoms with van der Waals surface area (Å²) in [5, 5.41) is 6.50. The van der Waals surface area contributed by atoms with Gasteiger partial charge in [0, 0.05) is 10.7 Å². The maximum absolute atomic E-state index is 12.7. The molecule has 0 saturated carbocycles. The van der Waals surface area contributed by atoms with Gasteiger partial charge in [0.25, 0.3) is 0 Å². The fraction of sp³-hybridized carbons (Fsp3) is 0.316. The molecule has 2 N–H and O–H groups in total. The van der Waals surface area contributed by atoms with E-state index in [1.54, 1.807) is 39.0 Å². The third kappa shape index (κ3) is 6.09. The number of esters is 1. The van der Waals surface area contributed by atoms with Crippen LogP contribution >= 0.6 is 39.1 Å². The molecule has 0 unspecified atom stereocenters. The number of hydrogen-bond donors (Lipinski definition) is 2. The zero-order chi connectivity index (χ0) is 21.1. The van der Waals surface area contributed by atoms with Crippen molar-refractivity contribution in [2.24, 2.45) is 0 Å². The molecule has 0 aliphatic carbocycles. The van der Waals surface area contributed by atoms with Crippen LogP contribution in [0.5, 0.6) is 0 Å². The van der Waals surface area contributed by atoms with Crippen molar-refractivity contribution >= 4 is 68.1 Å².